The third kappa shape index (κ3) is 4.12. The number of pyridine rings is 1. The summed E-state index contributed by atoms with van der Waals surface area (Å²) in [6, 6.07) is 13.8. The number of aromatic nitrogens is 1. The van der Waals surface area contributed by atoms with Crippen molar-refractivity contribution in [1.82, 2.24) is 4.40 Å². The molecule has 2 aromatic heterocycles. The number of nitriles is 1. The van der Waals surface area contributed by atoms with Crippen LogP contribution in [-0.4, -0.2) is 17.0 Å². The highest BCUT2D eigenvalue weighted by Gasteiger charge is 2.14. The minimum absolute atomic E-state index is 0.0393. The Kier molecular flexibility index (Phi) is 5.46. The Morgan fingerprint density at radius 3 is 2.81 bits per heavy atom. The van der Waals surface area contributed by atoms with Gasteiger partial charge in [-0.25, -0.2) is 4.79 Å². The number of hydrogen-bond donors (Lipinski definition) is 0. The highest BCUT2D eigenvalue weighted by molar-refractivity contribution is 5.72. The molecule has 0 aliphatic rings. The highest BCUT2D eigenvalue weighted by Crippen LogP contribution is 2.27. The fraction of sp³-hybridized carbons (Fsp3) is 0.273. The van der Waals surface area contributed by atoms with Crippen LogP contribution < -0.4 is 4.74 Å². The predicted molar refractivity (Wildman–Crippen MR) is 103 cm³/mol. The summed E-state index contributed by atoms with van der Waals surface area (Å²) < 4.78 is 12.9. The van der Waals surface area contributed by atoms with E-state index in [1.165, 1.54) is 0 Å². The smallest absolute Gasteiger partial charge is 0.344 e. The molecule has 5 heteroatoms. The molecule has 3 aromatic rings. The lowest BCUT2D eigenvalue weighted by Crippen LogP contribution is -2.15. The van der Waals surface area contributed by atoms with Crippen LogP contribution in [0.2, 0.25) is 0 Å². The van der Waals surface area contributed by atoms with Crippen LogP contribution in [0.3, 0.4) is 0 Å². The van der Waals surface area contributed by atoms with Gasteiger partial charge < -0.3 is 13.9 Å². The molecule has 0 amide bonds. The minimum Gasteiger partial charge on any atom is -0.482 e. The molecule has 0 aliphatic heterocycles. The number of nitrogens with zero attached hydrogens (tertiary/aromatic N) is 2. The SMILES string of the molecule is Cc1ccc(C(C)C)c(OCC(=O)OCc2cn3ccccc3c2C#N)c1. The summed E-state index contributed by atoms with van der Waals surface area (Å²) in [5.41, 5.74) is 4.12. The largest absolute Gasteiger partial charge is 0.482 e. The molecule has 0 fully saturated rings. The Labute approximate surface area is 158 Å². The molecule has 0 aliphatic carbocycles. The van der Waals surface area contributed by atoms with Crippen molar-refractivity contribution in [3.63, 3.8) is 0 Å². The molecular formula is C22H22N2O3. The van der Waals surface area contributed by atoms with Gasteiger partial charge in [0, 0.05) is 18.0 Å². The van der Waals surface area contributed by atoms with E-state index in [1.807, 2.05) is 53.9 Å². The summed E-state index contributed by atoms with van der Waals surface area (Å²) in [6.45, 7) is 6.01. The third-order valence-corrected chi connectivity index (χ3v) is 4.40. The van der Waals surface area contributed by atoms with Crippen LogP contribution in [0.25, 0.3) is 5.52 Å². The zero-order valence-corrected chi connectivity index (χ0v) is 15.7. The zero-order valence-electron chi connectivity index (χ0n) is 15.7. The second-order valence-electron chi connectivity index (χ2n) is 6.78. The quantitative estimate of drug-likeness (QED) is 0.611. The summed E-state index contributed by atoms with van der Waals surface area (Å²) in [6.07, 6.45) is 3.66. The number of fused-ring (bicyclic) bond motifs is 1. The van der Waals surface area contributed by atoms with Crippen molar-refractivity contribution in [3.05, 3.63) is 71.0 Å². The van der Waals surface area contributed by atoms with Gasteiger partial charge in [0.1, 0.15) is 18.4 Å². The molecule has 0 bridgehead atoms. The molecule has 1 aromatic carbocycles. The van der Waals surface area contributed by atoms with E-state index in [0.29, 0.717) is 22.8 Å². The molecule has 27 heavy (non-hydrogen) atoms. The number of carbonyl (C=O) groups is 1. The average Bonchev–Trinajstić information content (AvgIpc) is 3.02. The van der Waals surface area contributed by atoms with Crippen molar-refractivity contribution in [2.24, 2.45) is 0 Å². The summed E-state index contributed by atoms with van der Waals surface area (Å²) in [5, 5.41) is 9.40. The Morgan fingerprint density at radius 1 is 1.26 bits per heavy atom. The van der Waals surface area contributed by atoms with Crippen LogP contribution in [0, 0.1) is 18.3 Å². The molecule has 5 nitrogen and oxygen atoms in total. The van der Waals surface area contributed by atoms with Crippen molar-refractivity contribution in [2.45, 2.75) is 33.3 Å². The molecule has 2 heterocycles. The van der Waals surface area contributed by atoms with E-state index in [4.69, 9.17) is 9.47 Å². The standard InChI is InChI=1S/C22H22N2O3/c1-15(2)18-8-7-16(3)10-21(18)26-14-22(25)27-13-17-12-24-9-5-4-6-20(24)19(17)11-23/h4-10,12,15H,13-14H2,1-3H3. The number of aryl methyl sites for hydroxylation is 1. The van der Waals surface area contributed by atoms with E-state index in [1.54, 1.807) is 6.20 Å². The van der Waals surface area contributed by atoms with Gasteiger partial charge in [-0.2, -0.15) is 5.26 Å². The second kappa shape index (κ2) is 7.96. The molecule has 0 atom stereocenters. The van der Waals surface area contributed by atoms with E-state index in [-0.39, 0.29) is 13.2 Å². The monoisotopic (exact) mass is 362 g/mol. The normalized spacial score (nSPS) is 10.8. The molecule has 0 saturated heterocycles. The second-order valence-corrected chi connectivity index (χ2v) is 6.78. The average molecular weight is 362 g/mol. The van der Waals surface area contributed by atoms with Gasteiger partial charge in [0.05, 0.1) is 11.1 Å². The van der Waals surface area contributed by atoms with Crippen molar-refractivity contribution in [2.75, 3.05) is 6.61 Å². The van der Waals surface area contributed by atoms with E-state index in [2.05, 4.69) is 19.9 Å². The lowest BCUT2D eigenvalue weighted by molar-refractivity contribution is -0.147. The molecule has 138 valence electrons. The summed E-state index contributed by atoms with van der Waals surface area (Å²) >= 11 is 0. The van der Waals surface area contributed by atoms with Crippen LogP contribution in [0.15, 0.2) is 48.8 Å². The first-order valence-corrected chi connectivity index (χ1v) is 8.87. The summed E-state index contributed by atoms with van der Waals surface area (Å²) in [7, 11) is 0. The minimum atomic E-state index is -0.467. The van der Waals surface area contributed by atoms with Crippen molar-refractivity contribution < 1.29 is 14.3 Å². The molecule has 0 saturated carbocycles. The number of carbonyl (C=O) groups excluding carboxylic acids is 1. The lowest BCUT2D eigenvalue weighted by atomic mass is 10.0. The van der Waals surface area contributed by atoms with Crippen LogP contribution in [0.5, 0.6) is 5.75 Å². The highest BCUT2D eigenvalue weighted by atomic mass is 16.6. The number of ether oxygens (including phenoxy) is 2. The van der Waals surface area contributed by atoms with Gasteiger partial charge in [-0.3, -0.25) is 0 Å². The number of hydrogen-bond acceptors (Lipinski definition) is 4. The van der Waals surface area contributed by atoms with Crippen LogP contribution in [0.1, 0.15) is 42.0 Å². The number of esters is 1. The topological polar surface area (TPSA) is 63.7 Å². The van der Waals surface area contributed by atoms with E-state index < -0.39 is 5.97 Å². The van der Waals surface area contributed by atoms with Crippen molar-refractivity contribution >= 4 is 11.5 Å². The first-order valence-electron chi connectivity index (χ1n) is 8.87. The summed E-state index contributed by atoms with van der Waals surface area (Å²) in [5.74, 6) is 0.531. The Balaban J connectivity index is 1.65. The molecule has 0 radical (unpaired) electrons. The van der Waals surface area contributed by atoms with Gasteiger partial charge in [-0.1, -0.05) is 32.0 Å². The van der Waals surface area contributed by atoms with E-state index in [9.17, 15) is 10.1 Å². The van der Waals surface area contributed by atoms with E-state index in [0.717, 1.165) is 16.6 Å². The Bertz CT molecular complexity index is 1010. The van der Waals surface area contributed by atoms with Gasteiger partial charge in [0.25, 0.3) is 0 Å². The predicted octanol–water partition coefficient (Wildman–Crippen LogP) is 4.37. The molecule has 0 N–H and O–H groups in total. The van der Waals surface area contributed by atoms with Crippen LogP contribution >= 0.6 is 0 Å². The molecule has 3 rings (SSSR count). The fourth-order valence-electron chi connectivity index (χ4n) is 3.00. The maximum absolute atomic E-state index is 12.1. The van der Waals surface area contributed by atoms with Gasteiger partial charge in [-0.05, 0) is 42.2 Å². The number of benzene rings is 1. The van der Waals surface area contributed by atoms with Gasteiger partial charge in [0.2, 0.25) is 0 Å². The molecule has 0 spiro atoms. The van der Waals surface area contributed by atoms with Gasteiger partial charge >= 0.3 is 5.97 Å². The first-order chi connectivity index (χ1) is 13.0. The Hall–Kier alpha value is -3.26. The molecule has 0 unspecified atom stereocenters. The maximum Gasteiger partial charge on any atom is 0.344 e. The fourth-order valence-corrected chi connectivity index (χ4v) is 3.00. The summed E-state index contributed by atoms with van der Waals surface area (Å²) in [4.78, 5) is 12.1. The third-order valence-electron chi connectivity index (χ3n) is 4.40. The van der Waals surface area contributed by atoms with Gasteiger partial charge in [0.15, 0.2) is 6.61 Å². The lowest BCUT2D eigenvalue weighted by Gasteiger charge is -2.14. The zero-order chi connectivity index (χ0) is 19.4. The van der Waals surface area contributed by atoms with E-state index >= 15 is 0 Å². The first kappa shape index (κ1) is 18.5. The Morgan fingerprint density at radius 2 is 2.07 bits per heavy atom. The number of rotatable bonds is 6. The van der Waals surface area contributed by atoms with Crippen molar-refractivity contribution in [1.29, 1.82) is 5.26 Å². The van der Waals surface area contributed by atoms with Crippen LogP contribution in [-0.2, 0) is 16.1 Å². The maximum atomic E-state index is 12.1. The van der Waals surface area contributed by atoms with Crippen LogP contribution in [0.4, 0.5) is 0 Å². The van der Waals surface area contributed by atoms with Gasteiger partial charge in [-0.15, -0.1) is 0 Å². The molecular weight excluding hydrogens is 340 g/mol. The van der Waals surface area contributed by atoms with Crippen molar-refractivity contribution in [3.8, 4) is 11.8 Å².